The molecule has 1 unspecified atom stereocenters. The quantitative estimate of drug-likeness (QED) is 0.910. The van der Waals surface area contributed by atoms with Crippen LogP contribution in [0.3, 0.4) is 0 Å². The molecular formula is C20H26N2O. The van der Waals surface area contributed by atoms with Gasteiger partial charge in [-0.3, -0.25) is 4.79 Å². The smallest absolute Gasteiger partial charge is 0.256 e. The summed E-state index contributed by atoms with van der Waals surface area (Å²) in [6.07, 6.45) is 3.21. The van der Waals surface area contributed by atoms with Crippen molar-refractivity contribution in [3.8, 4) is 0 Å². The van der Waals surface area contributed by atoms with Crippen molar-refractivity contribution in [2.24, 2.45) is 5.73 Å². The molecule has 3 rings (SSSR count). The summed E-state index contributed by atoms with van der Waals surface area (Å²) in [5.41, 5.74) is 10.6. The van der Waals surface area contributed by atoms with Crippen LogP contribution in [0.4, 0.5) is 0 Å². The summed E-state index contributed by atoms with van der Waals surface area (Å²) in [7, 11) is 0. The van der Waals surface area contributed by atoms with Gasteiger partial charge in [-0.15, -0.1) is 0 Å². The van der Waals surface area contributed by atoms with E-state index in [1.807, 2.05) is 22.8 Å². The SMILES string of the molecule is CCc1ccc(C(N)c2ccc(C(C)C)n(C3CC3)c2=O)cc1. The summed E-state index contributed by atoms with van der Waals surface area (Å²) in [5, 5.41) is 0. The highest BCUT2D eigenvalue weighted by molar-refractivity contribution is 5.33. The van der Waals surface area contributed by atoms with Crippen LogP contribution in [0.5, 0.6) is 0 Å². The zero-order valence-electron chi connectivity index (χ0n) is 14.3. The molecule has 0 radical (unpaired) electrons. The number of hydrogen-bond acceptors (Lipinski definition) is 2. The average molecular weight is 310 g/mol. The molecule has 2 N–H and O–H groups in total. The lowest BCUT2D eigenvalue weighted by molar-refractivity contribution is 0.614. The van der Waals surface area contributed by atoms with Crippen molar-refractivity contribution in [3.05, 3.63) is 69.1 Å². The van der Waals surface area contributed by atoms with Crippen molar-refractivity contribution >= 4 is 0 Å². The first kappa shape index (κ1) is 16.0. The maximum absolute atomic E-state index is 13.0. The van der Waals surface area contributed by atoms with Crippen molar-refractivity contribution in [2.45, 2.75) is 58.0 Å². The third-order valence-corrected chi connectivity index (χ3v) is 4.76. The number of nitrogens with two attached hydrogens (primary N) is 1. The lowest BCUT2D eigenvalue weighted by Gasteiger charge is -2.19. The molecule has 23 heavy (non-hydrogen) atoms. The van der Waals surface area contributed by atoms with Gasteiger partial charge in [0, 0.05) is 17.3 Å². The van der Waals surface area contributed by atoms with Crippen molar-refractivity contribution in [1.29, 1.82) is 0 Å². The Labute approximate surface area is 138 Å². The molecule has 1 heterocycles. The molecule has 0 spiro atoms. The van der Waals surface area contributed by atoms with E-state index in [9.17, 15) is 4.79 Å². The first-order chi connectivity index (χ1) is 11.0. The normalized spacial score (nSPS) is 15.9. The molecule has 1 aromatic carbocycles. The zero-order valence-corrected chi connectivity index (χ0v) is 14.3. The molecule has 1 aromatic heterocycles. The van der Waals surface area contributed by atoms with Gasteiger partial charge in [0.15, 0.2) is 0 Å². The Kier molecular flexibility index (Phi) is 4.40. The number of rotatable bonds is 5. The van der Waals surface area contributed by atoms with E-state index in [4.69, 9.17) is 5.73 Å². The molecule has 1 fully saturated rings. The Morgan fingerprint density at radius 1 is 1.13 bits per heavy atom. The molecule has 0 saturated heterocycles. The molecule has 0 amide bonds. The second kappa shape index (κ2) is 6.32. The highest BCUT2D eigenvalue weighted by Crippen LogP contribution is 2.36. The van der Waals surface area contributed by atoms with Crippen LogP contribution in [0.15, 0.2) is 41.2 Å². The summed E-state index contributed by atoms with van der Waals surface area (Å²) in [4.78, 5) is 13.0. The monoisotopic (exact) mass is 310 g/mol. The highest BCUT2D eigenvalue weighted by atomic mass is 16.1. The molecule has 0 aliphatic heterocycles. The average Bonchev–Trinajstić information content (AvgIpc) is 3.38. The van der Waals surface area contributed by atoms with Gasteiger partial charge in [-0.1, -0.05) is 45.0 Å². The molecular weight excluding hydrogens is 284 g/mol. The first-order valence-corrected chi connectivity index (χ1v) is 8.62. The van der Waals surface area contributed by atoms with Gasteiger partial charge in [0.05, 0.1) is 6.04 Å². The van der Waals surface area contributed by atoms with Crippen molar-refractivity contribution in [2.75, 3.05) is 0 Å². The van der Waals surface area contributed by atoms with Gasteiger partial charge in [-0.2, -0.15) is 0 Å². The fourth-order valence-electron chi connectivity index (χ4n) is 3.14. The Morgan fingerprint density at radius 2 is 1.78 bits per heavy atom. The molecule has 3 heteroatoms. The van der Waals surface area contributed by atoms with Gasteiger partial charge in [0.2, 0.25) is 0 Å². The van der Waals surface area contributed by atoms with Crippen LogP contribution in [-0.4, -0.2) is 4.57 Å². The Bertz CT molecular complexity index is 739. The predicted molar refractivity (Wildman–Crippen MR) is 94.9 cm³/mol. The third-order valence-electron chi connectivity index (χ3n) is 4.76. The Balaban J connectivity index is 2.02. The topological polar surface area (TPSA) is 48.0 Å². The number of hydrogen-bond donors (Lipinski definition) is 1. The van der Waals surface area contributed by atoms with Crippen LogP contribution in [0, 0.1) is 0 Å². The second-order valence-electron chi connectivity index (χ2n) is 6.85. The van der Waals surface area contributed by atoms with E-state index >= 15 is 0 Å². The lowest BCUT2D eigenvalue weighted by atomic mass is 9.97. The van der Waals surface area contributed by atoms with Gasteiger partial charge in [-0.25, -0.2) is 0 Å². The highest BCUT2D eigenvalue weighted by Gasteiger charge is 2.29. The van der Waals surface area contributed by atoms with Gasteiger partial charge >= 0.3 is 0 Å². The largest absolute Gasteiger partial charge is 0.320 e. The van der Waals surface area contributed by atoms with Crippen molar-refractivity contribution < 1.29 is 0 Å². The zero-order chi connectivity index (χ0) is 16.6. The maximum Gasteiger partial charge on any atom is 0.256 e. The number of aryl methyl sites for hydroxylation is 1. The van der Waals surface area contributed by atoms with Crippen molar-refractivity contribution in [1.82, 2.24) is 4.57 Å². The van der Waals surface area contributed by atoms with Crippen LogP contribution >= 0.6 is 0 Å². The summed E-state index contributed by atoms with van der Waals surface area (Å²) in [5.74, 6) is 0.345. The van der Waals surface area contributed by atoms with Crippen LogP contribution in [0.1, 0.15) is 74.0 Å². The van der Waals surface area contributed by atoms with Gasteiger partial charge in [-0.05, 0) is 48.4 Å². The minimum Gasteiger partial charge on any atom is -0.320 e. The van der Waals surface area contributed by atoms with Crippen molar-refractivity contribution in [3.63, 3.8) is 0 Å². The summed E-state index contributed by atoms with van der Waals surface area (Å²) < 4.78 is 1.99. The molecule has 1 atom stereocenters. The summed E-state index contributed by atoms with van der Waals surface area (Å²) >= 11 is 0. The first-order valence-electron chi connectivity index (χ1n) is 8.62. The van der Waals surface area contributed by atoms with E-state index < -0.39 is 0 Å². The minimum absolute atomic E-state index is 0.0887. The number of aromatic nitrogens is 1. The second-order valence-corrected chi connectivity index (χ2v) is 6.85. The van der Waals surface area contributed by atoms with Gasteiger partial charge in [0.1, 0.15) is 0 Å². The van der Waals surface area contributed by atoms with E-state index in [-0.39, 0.29) is 11.6 Å². The standard InChI is InChI=1S/C20H26N2O/c1-4-14-5-7-15(8-6-14)19(21)17-11-12-18(13(2)3)22(20(17)23)16-9-10-16/h5-8,11-13,16,19H,4,9-10,21H2,1-3H3. The molecule has 0 bridgehead atoms. The fourth-order valence-corrected chi connectivity index (χ4v) is 3.14. The predicted octanol–water partition coefficient (Wildman–Crippen LogP) is 3.92. The van der Waals surface area contributed by atoms with Crippen LogP contribution < -0.4 is 11.3 Å². The van der Waals surface area contributed by atoms with E-state index in [2.05, 4.69) is 39.0 Å². The van der Waals surface area contributed by atoms with Crippen LogP contribution in [0.2, 0.25) is 0 Å². The van der Waals surface area contributed by atoms with Crippen LogP contribution in [0.25, 0.3) is 0 Å². The number of benzene rings is 1. The van der Waals surface area contributed by atoms with E-state index in [0.29, 0.717) is 17.5 Å². The van der Waals surface area contributed by atoms with Gasteiger partial charge in [0.25, 0.3) is 5.56 Å². The third kappa shape index (κ3) is 3.11. The molecule has 1 aliphatic rings. The number of pyridine rings is 1. The lowest BCUT2D eigenvalue weighted by Crippen LogP contribution is -2.30. The van der Waals surface area contributed by atoms with Gasteiger partial charge < -0.3 is 10.3 Å². The van der Waals surface area contributed by atoms with E-state index in [1.165, 1.54) is 5.56 Å². The Morgan fingerprint density at radius 3 is 2.30 bits per heavy atom. The maximum atomic E-state index is 13.0. The molecule has 3 nitrogen and oxygen atoms in total. The molecule has 2 aromatic rings. The van der Waals surface area contributed by atoms with Crippen LogP contribution in [-0.2, 0) is 6.42 Å². The summed E-state index contributed by atoms with van der Waals surface area (Å²) in [6, 6.07) is 12.3. The van der Waals surface area contributed by atoms with E-state index in [0.717, 1.165) is 30.5 Å². The minimum atomic E-state index is -0.361. The van der Waals surface area contributed by atoms with E-state index in [1.54, 1.807) is 0 Å². The number of nitrogens with zero attached hydrogens (tertiary/aromatic N) is 1. The molecule has 122 valence electrons. The summed E-state index contributed by atoms with van der Waals surface area (Å²) in [6.45, 7) is 6.40. The molecule has 1 saturated carbocycles. The molecule has 1 aliphatic carbocycles. The Hall–Kier alpha value is -1.87. The fraction of sp³-hybridized carbons (Fsp3) is 0.450.